The van der Waals surface area contributed by atoms with Crippen LogP contribution in [-0.2, 0) is 14.6 Å². The first-order chi connectivity index (χ1) is 15.5. The lowest BCUT2D eigenvalue weighted by Crippen LogP contribution is -2.30. The lowest BCUT2D eigenvalue weighted by Gasteiger charge is -2.26. The summed E-state index contributed by atoms with van der Waals surface area (Å²) in [5.74, 6) is -1.38. The van der Waals surface area contributed by atoms with Gasteiger partial charge in [-0.25, -0.2) is 22.2 Å². The van der Waals surface area contributed by atoms with Gasteiger partial charge in [-0.1, -0.05) is 13.0 Å². The molecular weight excluding hydrogens is 446 g/mol. The largest absolute Gasteiger partial charge is 0.454 e. The van der Waals surface area contributed by atoms with Crippen molar-refractivity contribution in [2.45, 2.75) is 32.4 Å². The van der Waals surface area contributed by atoms with Gasteiger partial charge in [0.1, 0.15) is 17.2 Å². The quantitative estimate of drug-likeness (QED) is 0.360. The number of benzene rings is 2. The van der Waals surface area contributed by atoms with Gasteiger partial charge in [0, 0.05) is 34.7 Å². The minimum Gasteiger partial charge on any atom is -0.454 e. The SMILES string of the molecule is CCS(=O)(=O)C(C)(C)c1ccc(Oc2ccc(F)cc2F)c(-c2cc(C)nc3[nH]ccc23)c1. The van der Waals surface area contributed by atoms with Gasteiger partial charge >= 0.3 is 0 Å². The van der Waals surface area contributed by atoms with E-state index in [4.69, 9.17) is 4.74 Å². The molecule has 0 saturated heterocycles. The summed E-state index contributed by atoms with van der Waals surface area (Å²) in [4.78, 5) is 7.57. The van der Waals surface area contributed by atoms with Gasteiger partial charge < -0.3 is 9.72 Å². The lowest BCUT2D eigenvalue weighted by atomic mass is 9.94. The fourth-order valence-electron chi connectivity index (χ4n) is 3.81. The summed E-state index contributed by atoms with van der Waals surface area (Å²) in [6, 6.07) is 11.9. The Kier molecular flexibility index (Phi) is 5.74. The number of aromatic amines is 1. The highest BCUT2D eigenvalue weighted by molar-refractivity contribution is 7.92. The van der Waals surface area contributed by atoms with E-state index in [-0.39, 0.29) is 11.5 Å². The molecule has 0 aliphatic rings. The second-order valence-electron chi connectivity index (χ2n) is 8.35. The summed E-state index contributed by atoms with van der Waals surface area (Å²) >= 11 is 0. The molecule has 2 aromatic carbocycles. The first kappa shape index (κ1) is 22.9. The molecular formula is C25H24F2N2O3S. The number of hydrogen-bond donors (Lipinski definition) is 1. The summed E-state index contributed by atoms with van der Waals surface area (Å²) in [5.41, 5.74) is 3.30. The molecule has 0 aliphatic heterocycles. The molecule has 5 nitrogen and oxygen atoms in total. The standard InChI is InChI=1S/C25H24F2N2O3S/c1-5-33(30,31)25(3,4)16-6-8-22(32-23-9-7-17(26)14-21(23)27)20(13-16)19-12-15(2)29-24-18(19)10-11-28-24/h6-14H,5H2,1-4H3,(H,28,29). The minimum atomic E-state index is -3.43. The molecule has 33 heavy (non-hydrogen) atoms. The second kappa shape index (κ2) is 8.26. The maximum absolute atomic E-state index is 14.3. The van der Waals surface area contributed by atoms with Crippen LogP contribution in [0.4, 0.5) is 8.78 Å². The van der Waals surface area contributed by atoms with Crippen molar-refractivity contribution in [1.82, 2.24) is 9.97 Å². The predicted molar refractivity (Wildman–Crippen MR) is 125 cm³/mol. The van der Waals surface area contributed by atoms with Crippen molar-refractivity contribution in [2.75, 3.05) is 5.75 Å². The van der Waals surface area contributed by atoms with Crippen molar-refractivity contribution >= 4 is 20.9 Å². The van der Waals surface area contributed by atoms with E-state index in [9.17, 15) is 17.2 Å². The topological polar surface area (TPSA) is 72.1 Å². The van der Waals surface area contributed by atoms with Crippen LogP contribution in [-0.4, -0.2) is 24.1 Å². The average Bonchev–Trinajstić information content (AvgIpc) is 3.23. The zero-order valence-electron chi connectivity index (χ0n) is 18.7. The molecule has 8 heteroatoms. The number of sulfone groups is 1. The Bertz CT molecular complexity index is 1460. The maximum atomic E-state index is 14.3. The summed E-state index contributed by atoms with van der Waals surface area (Å²) in [5, 5.41) is 0.804. The van der Waals surface area contributed by atoms with Crippen LogP contribution in [0.3, 0.4) is 0 Å². The summed E-state index contributed by atoms with van der Waals surface area (Å²) < 4.78 is 58.1. The van der Waals surface area contributed by atoms with E-state index >= 15 is 0 Å². The van der Waals surface area contributed by atoms with E-state index < -0.39 is 26.2 Å². The van der Waals surface area contributed by atoms with Crippen molar-refractivity contribution in [3.63, 3.8) is 0 Å². The number of halogens is 2. The van der Waals surface area contributed by atoms with Crippen LogP contribution in [0.15, 0.2) is 54.7 Å². The zero-order chi connectivity index (χ0) is 24.0. The first-order valence-electron chi connectivity index (χ1n) is 10.5. The monoisotopic (exact) mass is 470 g/mol. The van der Waals surface area contributed by atoms with Crippen molar-refractivity contribution in [2.24, 2.45) is 0 Å². The smallest absolute Gasteiger partial charge is 0.168 e. The highest BCUT2D eigenvalue weighted by Gasteiger charge is 2.35. The number of pyridine rings is 1. The van der Waals surface area contributed by atoms with E-state index in [1.54, 1.807) is 45.2 Å². The number of nitrogens with one attached hydrogen (secondary N) is 1. The Morgan fingerprint density at radius 1 is 1.00 bits per heavy atom. The van der Waals surface area contributed by atoms with Crippen LogP contribution in [0.25, 0.3) is 22.2 Å². The summed E-state index contributed by atoms with van der Waals surface area (Å²) in [6.07, 6.45) is 1.76. The third-order valence-electron chi connectivity index (χ3n) is 5.89. The molecule has 0 fully saturated rings. The molecule has 1 N–H and O–H groups in total. The van der Waals surface area contributed by atoms with Gasteiger partial charge in [0.15, 0.2) is 21.4 Å². The molecule has 2 heterocycles. The highest BCUT2D eigenvalue weighted by Crippen LogP contribution is 2.41. The molecule has 172 valence electrons. The van der Waals surface area contributed by atoms with Crippen LogP contribution in [0, 0.1) is 18.6 Å². The molecule has 4 aromatic rings. The Morgan fingerprint density at radius 3 is 2.42 bits per heavy atom. The van der Waals surface area contributed by atoms with Crippen LogP contribution in [0.1, 0.15) is 32.0 Å². The van der Waals surface area contributed by atoms with E-state index in [0.29, 0.717) is 22.5 Å². The van der Waals surface area contributed by atoms with Crippen molar-refractivity contribution in [3.05, 3.63) is 77.6 Å². The minimum absolute atomic E-state index is 0.00913. The number of rotatable bonds is 6. The molecule has 0 amide bonds. The van der Waals surface area contributed by atoms with E-state index in [1.165, 1.54) is 6.07 Å². The highest BCUT2D eigenvalue weighted by atomic mass is 32.2. The van der Waals surface area contributed by atoms with Crippen LogP contribution in [0.2, 0.25) is 0 Å². The van der Waals surface area contributed by atoms with Crippen LogP contribution < -0.4 is 4.74 Å². The molecule has 0 bridgehead atoms. The Morgan fingerprint density at radius 2 is 1.73 bits per heavy atom. The first-order valence-corrected chi connectivity index (χ1v) is 12.1. The van der Waals surface area contributed by atoms with Crippen LogP contribution in [0.5, 0.6) is 11.5 Å². The number of aryl methyl sites for hydroxylation is 1. The number of aromatic nitrogens is 2. The van der Waals surface area contributed by atoms with Gasteiger partial charge in [-0.3, -0.25) is 0 Å². The van der Waals surface area contributed by atoms with Gasteiger partial charge in [0.25, 0.3) is 0 Å². The second-order valence-corrected chi connectivity index (χ2v) is 11.2. The molecule has 0 saturated carbocycles. The molecule has 4 rings (SSSR count). The number of H-pyrrole nitrogens is 1. The zero-order valence-corrected chi connectivity index (χ0v) is 19.6. The number of nitrogens with zero attached hydrogens (tertiary/aromatic N) is 1. The molecule has 0 atom stereocenters. The van der Waals surface area contributed by atoms with Crippen molar-refractivity contribution < 1.29 is 21.9 Å². The molecule has 2 aromatic heterocycles. The molecule has 0 spiro atoms. The van der Waals surface area contributed by atoms with E-state index in [0.717, 1.165) is 28.8 Å². The van der Waals surface area contributed by atoms with Crippen molar-refractivity contribution in [1.29, 1.82) is 0 Å². The number of ether oxygens (including phenoxy) is 1. The molecule has 0 aliphatic carbocycles. The van der Waals surface area contributed by atoms with Crippen LogP contribution >= 0.6 is 0 Å². The maximum Gasteiger partial charge on any atom is 0.168 e. The fraction of sp³-hybridized carbons (Fsp3) is 0.240. The van der Waals surface area contributed by atoms with Gasteiger partial charge in [-0.05, 0) is 68.3 Å². The lowest BCUT2D eigenvalue weighted by molar-refractivity contribution is 0.438. The molecule has 0 radical (unpaired) electrons. The van der Waals surface area contributed by atoms with E-state index in [1.807, 2.05) is 19.1 Å². The Balaban J connectivity index is 1.96. The summed E-state index contributed by atoms with van der Waals surface area (Å²) in [7, 11) is -3.43. The Hall–Kier alpha value is -3.26. The van der Waals surface area contributed by atoms with E-state index in [2.05, 4.69) is 9.97 Å². The third kappa shape index (κ3) is 4.11. The average molecular weight is 471 g/mol. The van der Waals surface area contributed by atoms with Gasteiger partial charge in [-0.15, -0.1) is 0 Å². The fourth-order valence-corrected chi connectivity index (χ4v) is 5.02. The normalized spacial score (nSPS) is 12.3. The van der Waals surface area contributed by atoms with Gasteiger partial charge in [-0.2, -0.15) is 0 Å². The predicted octanol–water partition coefficient (Wildman–Crippen LogP) is 6.28. The number of hydrogen-bond acceptors (Lipinski definition) is 4. The third-order valence-corrected chi connectivity index (χ3v) is 8.44. The number of fused-ring (bicyclic) bond motifs is 1. The molecule has 0 unspecified atom stereocenters. The summed E-state index contributed by atoms with van der Waals surface area (Å²) in [6.45, 7) is 6.78. The Labute approximate surface area is 191 Å². The van der Waals surface area contributed by atoms with Crippen molar-refractivity contribution in [3.8, 4) is 22.6 Å². The van der Waals surface area contributed by atoms with Gasteiger partial charge in [0.05, 0.1) is 4.75 Å². The van der Waals surface area contributed by atoms with Gasteiger partial charge in [0.2, 0.25) is 0 Å².